The number of likely N-dealkylation sites (tertiary alicyclic amines) is 1. The molecule has 0 N–H and O–H groups in total. The predicted octanol–water partition coefficient (Wildman–Crippen LogP) is 3.17. The number of halogens is 1. The van der Waals surface area contributed by atoms with E-state index in [4.69, 9.17) is 16.3 Å². The summed E-state index contributed by atoms with van der Waals surface area (Å²) in [7, 11) is 1.38. The van der Waals surface area contributed by atoms with Crippen LogP contribution in [-0.4, -0.2) is 54.5 Å². The van der Waals surface area contributed by atoms with Crippen LogP contribution in [0.25, 0.3) is 0 Å². The number of nitrogens with zero attached hydrogens (tertiary/aromatic N) is 2. The molecule has 2 aliphatic heterocycles. The summed E-state index contributed by atoms with van der Waals surface area (Å²) in [6.45, 7) is 1.23. The summed E-state index contributed by atoms with van der Waals surface area (Å²) in [6, 6.07) is 14.3. The highest BCUT2D eigenvalue weighted by molar-refractivity contribution is 6.30. The minimum Gasteiger partial charge on any atom is -0.469 e. The number of hydrogen-bond acceptors (Lipinski definition) is 5. The predicted molar refractivity (Wildman–Crippen MR) is 108 cm³/mol. The molecule has 6 nitrogen and oxygen atoms in total. The lowest BCUT2D eigenvalue weighted by Gasteiger charge is -2.38. The fourth-order valence-corrected chi connectivity index (χ4v) is 4.34. The number of amides is 2. The molecule has 0 radical (unpaired) electrons. The average Bonchev–Trinajstić information content (AvgIpc) is 2.99. The number of benzene rings is 2. The first-order valence-electron chi connectivity index (χ1n) is 9.50. The zero-order chi connectivity index (χ0) is 20.5. The number of fused-ring (bicyclic) bond motifs is 1. The van der Waals surface area contributed by atoms with Gasteiger partial charge in [0.1, 0.15) is 0 Å². The van der Waals surface area contributed by atoms with Crippen molar-refractivity contribution in [2.75, 3.05) is 26.9 Å². The van der Waals surface area contributed by atoms with Crippen LogP contribution in [0.5, 0.6) is 0 Å². The van der Waals surface area contributed by atoms with Crippen molar-refractivity contribution in [1.82, 2.24) is 9.80 Å². The SMILES string of the molecule is COC(=O)C1CN(CN2C(=O)c3ccccc3C2=O)CCC1c1ccc(Cl)cc1. The third kappa shape index (κ3) is 3.66. The van der Waals surface area contributed by atoms with Gasteiger partial charge in [0.15, 0.2) is 0 Å². The van der Waals surface area contributed by atoms with Gasteiger partial charge in [-0.15, -0.1) is 0 Å². The Morgan fingerprint density at radius 1 is 1.07 bits per heavy atom. The van der Waals surface area contributed by atoms with Gasteiger partial charge in [0.25, 0.3) is 11.8 Å². The third-order valence-electron chi connectivity index (χ3n) is 5.72. The fraction of sp³-hybridized carbons (Fsp3) is 0.318. The quantitative estimate of drug-likeness (QED) is 0.570. The molecule has 1 saturated heterocycles. The first kappa shape index (κ1) is 19.6. The summed E-state index contributed by atoms with van der Waals surface area (Å²) in [6.07, 6.45) is 0.713. The maximum Gasteiger partial charge on any atom is 0.310 e. The van der Waals surface area contributed by atoms with E-state index in [1.54, 1.807) is 24.3 Å². The molecule has 2 aliphatic rings. The second kappa shape index (κ2) is 7.97. The Bertz CT molecular complexity index is 925. The van der Waals surface area contributed by atoms with Crippen molar-refractivity contribution < 1.29 is 19.1 Å². The number of carbonyl (C=O) groups excluding carboxylic acids is 3. The molecule has 4 rings (SSSR count). The summed E-state index contributed by atoms with van der Waals surface area (Å²) in [4.78, 5) is 41.0. The fourth-order valence-electron chi connectivity index (χ4n) is 4.21. The summed E-state index contributed by atoms with van der Waals surface area (Å²) in [5.41, 5.74) is 1.89. The smallest absolute Gasteiger partial charge is 0.310 e. The minimum absolute atomic E-state index is 0.00172. The second-order valence-corrected chi connectivity index (χ2v) is 7.82. The summed E-state index contributed by atoms with van der Waals surface area (Å²) in [5, 5.41) is 0.645. The van der Waals surface area contributed by atoms with Gasteiger partial charge in [0.2, 0.25) is 0 Å². The van der Waals surface area contributed by atoms with Gasteiger partial charge in [-0.25, -0.2) is 0 Å². The Hall–Kier alpha value is -2.70. The maximum atomic E-state index is 12.6. The molecular weight excluding hydrogens is 392 g/mol. The van der Waals surface area contributed by atoms with Gasteiger partial charge in [0.05, 0.1) is 30.8 Å². The van der Waals surface area contributed by atoms with Crippen LogP contribution in [0.4, 0.5) is 0 Å². The number of carbonyl (C=O) groups is 3. The maximum absolute atomic E-state index is 12.6. The van der Waals surface area contributed by atoms with Crippen LogP contribution < -0.4 is 0 Å². The number of esters is 1. The molecule has 2 atom stereocenters. The normalized spacial score (nSPS) is 21.9. The molecule has 2 heterocycles. The first-order chi connectivity index (χ1) is 14.0. The van der Waals surface area contributed by atoms with Gasteiger partial charge in [-0.05, 0) is 42.2 Å². The topological polar surface area (TPSA) is 66.9 Å². The zero-order valence-electron chi connectivity index (χ0n) is 16.0. The van der Waals surface area contributed by atoms with Crippen molar-refractivity contribution in [3.8, 4) is 0 Å². The monoisotopic (exact) mass is 412 g/mol. The van der Waals surface area contributed by atoms with Crippen LogP contribution in [0.3, 0.4) is 0 Å². The number of imide groups is 1. The van der Waals surface area contributed by atoms with Crippen molar-refractivity contribution in [2.24, 2.45) is 5.92 Å². The van der Waals surface area contributed by atoms with Crippen LogP contribution >= 0.6 is 11.6 Å². The first-order valence-corrected chi connectivity index (χ1v) is 9.88. The molecule has 2 amide bonds. The lowest BCUT2D eigenvalue weighted by molar-refractivity contribution is -0.148. The highest BCUT2D eigenvalue weighted by Gasteiger charge is 2.40. The van der Waals surface area contributed by atoms with Crippen LogP contribution in [-0.2, 0) is 9.53 Å². The van der Waals surface area contributed by atoms with Gasteiger partial charge in [-0.3, -0.25) is 24.2 Å². The minimum atomic E-state index is -0.384. The molecule has 1 fully saturated rings. The van der Waals surface area contributed by atoms with Gasteiger partial charge in [0, 0.05) is 18.1 Å². The highest BCUT2D eigenvalue weighted by Crippen LogP contribution is 2.35. The molecule has 2 aromatic carbocycles. The van der Waals surface area contributed by atoms with Gasteiger partial charge < -0.3 is 4.74 Å². The largest absolute Gasteiger partial charge is 0.469 e. The van der Waals surface area contributed by atoms with E-state index < -0.39 is 0 Å². The Kier molecular flexibility index (Phi) is 5.39. The molecule has 0 aromatic heterocycles. The molecule has 2 unspecified atom stereocenters. The van der Waals surface area contributed by atoms with Gasteiger partial charge >= 0.3 is 5.97 Å². The van der Waals surface area contributed by atoms with Crippen molar-refractivity contribution in [2.45, 2.75) is 12.3 Å². The van der Waals surface area contributed by atoms with Crippen LogP contribution in [0.2, 0.25) is 5.02 Å². The van der Waals surface area contributed by atoms with E-state index in [-0.39, 0.29) is 36.3 Å². The Morgan fingerprint density at radius 2 is 1.69 bits per heavy atom. The molecule has 0 bridgehead atoms. The molecule has 7 heteroatoms. The number of rotatable bonds is 4. The van der Waals surface area contributed by atoms with E-state index in [2.05, 4.69) is 0 Å². The van der Waals surface area contributed by atoms with Crippen molar-refractivity contribution in [3.63, 3.8) is 0 Å². The van der Waals surface area contributed by atoms with E-state index >= 15 is 0 Å². The van der Waals surface area contributed by atoms with E-state index in [1.165, 1.54) is 12.0 Å². The molecule has 0 aliphatic carbocycles. The summed E-state index contributed by atoms with van der Waals surface area (Å²) < 4.78 is 5.04. The van der Waals surface area contributed by atoms with Crippen molar-refractivity contribution >= 4 is 29.4 Å². The number of methoxy groups -OCH3 is 1. The van der Waals surface area contributed by atoms with E-state index in [0.29, 0.717) is 35.7 Å². The van der Waals surface area contributed by atoms with E-state index in [1.807, 2.05) is 29.2 Å². The molecule has 150 valence electrons. The molecule has 0 spiro atoms. The number of ether oxygens (including phenoxy) is 1. The van der Waals surface area contributed by atoms with E-state index in [0.717, 1.165) is 5.56 Å². The van der Waals surface area contributed by atoms with Crippen molar-refractivity contribution in [1.29, 1.82) is 0 Å². The Balaban J connectivity index is 1.51. The standard InChI is InChI=1S/C22H21ClN2O4/c1-29-22(28)19-12-24(11-10-16(19)14-6-8-15(23)9-7-14)13-25-20(26)17-4-2-3-5-18(17)21(25)27/h2-9,16,19H,10-13H2,1H3. The summed E-state index contributed by atoms with van der Waals surface area (Å²) >= 11 is 5.99. The number of piperidine rings is 1. The third-order valence-corrected chi connectivity index (χ3v) is 5.97. The van der Waals surface area contributed by atoms with Crippen LogP contribution in [0.15, 0.2) is 48.5 Å². The summed E-state index contributed by atoms with van der Waals surface area (Å²) in [5.74, 6) is -1.26. The molecular formula is C22H21ClN2O4. The lowest BCUT2D eigenvalue weighted by atomic mass is 9.80. The highest BCUT2D eigenvalue weighted by atomic mass is 35.5. The lowest BCUT2D eigenvalue weighted by Crippen LogP contribution is -2.49. The van der Waals surface area contributed by atoms with Crippen molar-refractivity contribution in [3.05, 3.63) is 70.2 Å². The average molecular weight is 413 g/mol. The number of hydrogen-bond donors (Lipinski definition) is 0. The molecule has 29 heavy (non-hydrogen) atoms. The molecule has 0 saturated carbocycles. The Morgan fingerprint density at radius 3 is 2.28 bits per heavy atom. The van der Waals surface area contributed by atoms with Crippen LogP contribution in [0, 0.1) is 5.92 Å². The van der Waals surface area contributed by atoms with Gasteiger partial charge in [-0.1, -0.05) is 35.9 Å². The Labute approximate surface area is 174 Å². The zero-order valence-corrected chi connectivity index (χ0v) is 16.8. The van der Waals surface area contributed by atoms with Crippen LogP contribution in [0.1, 0.15) is 38.6 Å². The van der Waals surface area contributed by atoms with Gasteiger partial charge in [-0.2, -0.15) is 0 Å². The molecule has 2 aromatic rings. The second-order valence-electron chi connectivity index (χ2n) is 7.38. The van der Waals surface area contributed by atoms with E-state index in [9.17, 15) is 14.4 Å².